The number of amides is 1. The van der Waals surface area contributed by atoms with Crippen molar-refractivity contribution in [1.82, 2.24) is 4.90 Å². The van der Waals surface area contributed by atoms with Crippen molar-refractivity contribution in [1.29, 1.82) is 0 Å². The van der Waals surface area contributed by atoms with Gasteiger partial charge >= 0.3 is 5.97 Å². The van der Waals surface area contributed by atoms with Crippen LogP contribution in [0.5, 0.6) is 0 Å². The molecule has 1 N–H and O–H groups in total. The minimum Gasteiger partial charge on any atom is -0.466 e. The molecular formula is C25H27FN2O4S. The lowest BCUT2D eigenvalue weighted by Gasteiger charge is -2.37. The molecule has 1 aliphatic heterocycles. The van der Waals surface area contributed by atoms with Crippen LogP contribution in [0.15, 0.2) is 53.1 Å². The molecule has 0 radical (unpaired) electrons. The van der Waals surface area contributed by atoms with E-state index in [1.807, 2.05) is 26.0 Å². The van der Waals surface area contributed by atoms with Gasteiger partial charge in [-0.1, -0.05) is 12.1 Å². The van der Waals surface area contributed by atoms with E-state index in [9.17, 15) is 14.0 Å². The average Bonchev–Trinajstić information content (AvgIpc) is 3.45. The number of piperidine rings is 1. The summed E-state index contributed by atoms with van der Waals surface area (Å²) >= 11 is 1.48. The van der Waals surface area contributed by atoms with Gasteiger partial charge in [0.1, 0.15) is 10.8 Å². The van der Waals surface area contributed by atoms with Crippen LogP contribution >= 0.6 is 11.3 Å². The lowest BCUT2D eigenvalue weighted by atomic mass is 9.91. The quantitative estimate of drug-likeness (QED) is 0.468. The second kappa shape index (κ2) is 10.3. The summed E-state index contributed by atoms with van der Waals surface area (Å²) in [6.45, 7) is 5.48. The zero-order valence-corrected chi connectivity index (χ0v) is 19.5. The van der Waals surface area contributed by atoms with Crippen LogP contribution in [-0.4, -0.2) is 36.5 Å². The van der Waals surface area contributed by atoms with Gasteiger partial charge in [0.25, 0.3) is 5.91 Å². The predicted octanol–water partition coefficient (Wildman–Crippen LogP) is 5.41. The third-order valence-electron chi connectivity index (χ3n) is 5.83. The minimum absolute atomic E-state index is 0.128. The van der Waals surface area contributed by atoms with Crippen molar-refractivity contribution in [3.8, 4) is 0 Å². The molecule has 0 saturated carbocycles. The van der Waals surface area contributed by atoms with Gasteiger partial charge in [-0.2, -0.15) is 0 Å². The molecule has 1 saturated heterocycles. The summed E-state index contributed by atoms with van der Waals surface area (Å²) in [5, 5.41) is 3.68. The van der Waals surface area contributed by atoms with Gasteiger partial charge in [0, 0.05) is 10.4 Å². The zero-order chi connectivity index (χ0) is 23.4. The first-order valence-electron chi connectivity index (χ1n) is 11.1. The lowest BCUT2D eigenvalue weighted by molar-refractivity contribution is -0.149. The maximum Gasteiger partial charge on any atom is 0.309 e. The van der Waals surface area contributed by atoms with Gasteiger partial charge in [0.15, 0.2) is 5.76 Å². The maximum absolute atomic E-state index is 14.2. The van der Waals surface area contributed by atoms with Crippen LogP contribution in [0.2, 0.25) is 0 Å². The van der Waals surface area contributed by atoms with Crippen LogP contribution in [0.4, 0.5) is 9.39 Å². The molecule has 0 aliphatic carbocycles. The number of ether oxygens (including phenoxy) is 1. The predicted molar refractivity (Wildman–Crippen MR) is 125 cm³/mol. The van der Waals surface area contributed by atoms with E-state index in [0.29, 0.717) is 37.5 Å². The Bertz CT molecular complexity index is 1100. The van der Waals surface area contributed by atoms with E-state index in [1.54, 1.807) is 18.2 Å². The highest BCUT2D eigenvalue weighted by molar-refractivity contribution is 7.16. The number of aryl methyl sites for hydroxylation is 1. The third-order valence-corrected chi connectivity index (χ3v) is 6.81. The molecular weight excluding hydrogens is 443 g/mol. The molecule has 4 rings (SSSR count). The molecule has 174 valence electrons. The number of nitrogens with zero attached hydrogens (tertiary/aromatic N) is 1. The normalized spacial score (nSPS) is 15.8. The van der Waals surface area contributed by atoms with Crippen LogP contribution in [0.3, 0.4) is 0 Å². The molecule has 1 amide bonds. The fourth-order valence-corrected chi connectivity index (χ4v) is 5.26. The van der Waals surface area contributed by atoms with E-state index < -0.39 is 0 Å². The Balaban J connectivity index is 1.64. The van der Waals surface area contributed by atoms with Crippen molar-refractivity contribution in [2.24, 2.45) is 5.92 Å². The van der Waals surface area contributed by atoms with E-state index in [-0.39, 0.29) is 35.4 Å². The van der Waals surface area contributed by atoms with E-state index in [4.69, 9.17) is 9.15 Å². The minimum atomic E-state index is -0.331. The number of carbonyl (C=O) groups excluding carboxylic acids is 2. The van der Waals surface area contributed by atoms with Crippen LogP contribution in [0.1, 0.15) is 52.4 Å². The lowest BCUT2D eigenvalue weighted by Crippen LogP contribution is -2.39. The van der Waals surface area contributed by atoms with Gasteiger partial charge in [-0.05, 0) is 75.7 Å². The molecule has 8 heteroatoms. The smallest absolute Gasteiger partial charge is 0.309 e. The Morgan fingerprint density at radius 2 is 2.03 bits per heavy atom. The molecule has 0 unspecified atom stereocenters. The molecule has 1 aliphatic rings. The fourth-order valence-electron chi connectivity index (χ4n) is 4.32. The number of furan rings is 1. The molecule has 6 nitrogen and oxygen atoms in total. The topological polar surface area (TPSA) is 71.8 Å². The third kappa shape index (κ3) is 5.34. The summed E-state index contributed by atoms with van der Waals surface area (Å²) in [7, 11) is 0. The highest BCUT2D eigenvalue weighted by atomic mass is 32.1. The number of thiophene rings is 1. The van der Waals surface area contributed by atoms with Crippen molar-refractivity contribution in [3.05, 3.63) is 76.3 Å². The highest BCUT2D eigenvalue weighted by Gasteiger charge is 2.33. The van der Waals surface area contributed by atoms with Crippen molar-refractivity contribution in [3.63, 3.8) is 0 Å². The van der Waals surface area contributed by atoms with Crippen LogP contribution in [-0.2, 0) is 9.53 Å². The van der Waals surface area contributed by atoms with Gasteiger partial charge in [0.2, 0.25) is 0 Å². The van der Waals surface area contributed by atoms with E-state index >= 15 is 0 Å². The van der Waals surface area contributed by atoms with Gasteiger partial charge in [-0.15, -0.1) is 11.3 Å². The van der Waals surface area contributed by atoms with Crippen LogP contribution in [0.25, 0.3) is 0 Å². The number of benzene rings is 1. The van der Waals surface area contributed by atoms with E-state index in [0.717, 1.165) is 16.0 Å². The Hall–Kier alpha value is -2.97. The molecule has 3 aromatic rings. The van der Waals surface area contributed by atoms with Gasteiger partial charge in [-0.25, -0.2) is 4.39 Å². The second-order valence-corrected chi connectivity index (χ2v) is 9.35. The number of likely N-dealkylation sites (tertiary alicyclic amines) is 1. The molecule has 1 atom stereocenters. The number of hydrogen-bond acceptors (Lipinski definition) is 6. The summed E-state index contributed by atoms with van der Waals surface area (Å²) in [4.78, 5) is 28.2. The number of hydrogen-bond donors (Lipinski definition) is 1. The Morgan fingerprint density at radius 3 is 2.70 bits per heavy atom. The largest absolute Gasteiger partial charge is 0.466 e. The monoisotopic (exact) mass is 470 g/mol. The first-order chi connectivity index (χ1) is 16.0. The highest BCUT2D eigenvalue weighted by Crippen LogP contribution is 2.41. The summed E-state index contributed by atoms with van der Waals surface area (Å²) in [6.07, 6.45) is 2.79. The molecule has 2 aromatic heterocycles. The van der Waals surface area contributed by atoms with E-state index in [2.05, 4.69) is 10.2 Å². The van der Waals surface area contributed by atoms with Crippen LogP contribution in [0, 0.1) is 18.7 Å². The second-order valence-electron chi connectivity index (χ2n) is 8.09. The molecule has 33 heavy (non-hydrogen) atoms. The summed E-state index contributed by atoms with van der Waals surface area (Å²) in [5.41, 5.74) is 1.70. The Kier molecular flexibility index (Phi) is 7.25. The number of nitrogens with one attached hydrogen (secondary N) is 1. The van der Waals surface area contributed by atoms with E-state index in [1.165, 1.54) is 29.7 Å². The molecule has 0 bridgehead atoms. The first kappa shape index (κ1) is 23.2. The summed E-state index contributed by atoms with van der Waals surface area (Å²) in [6, 6.07) is 11.6. The van der Waals surface area contributed by atoms with Crippen molar-refractivity contribution < 1.29 is 23.1 Å². The molecule has 1 aromatic carbocycles. The van der Waals surface area contributed by atoms with Crippen molar-refractivity contribution in [2.75, 3.05) is 25.0 Å². The first-order valence-corrected chi connectivity index (χ1v) is 11.9. The van der Waals surface area contributed by atoms with Gasteiger partial charge in [-0.3, -0.25) is 14.5 Å². The Labute approximate surface area is 196 Å². The number of esters is 1. The Morgan fingerprint density at radius 1 is 1.24 bits per heavy atom. The fraction of sp³-hybridized carbons (Fsp3) is 0.360. The van der Waals surface area contributed by atoms with Gasteiger partial charge < -0.3 is 14.5 Å². The number of carbonyl (C=O) groups is 2. The summed E-state index contributed by atoms with van der Waals surface area (Å²) < 4.78 is 24.6. The van der Waals surface area contributed by atoms with Gasteiger partial charge in [0.05, 0.1) is 24.8 Å². The SMILES string of the molecule is CCOC(=O)C1CCN([C@H](c2cccc(F)c2)c2cc(C)sc2NC(=O)c2ccco2)CC1. The maximum atomic E-state index is 14.2. The average molecular weight is 471 g/mol. The summed E-state index contributed by atoms with van der Waals surface area (Å²) in [5.74, 6) is -0.701. The standard InChI is InChI=1S/C25H27FN2O4S/c1-3-31-25(30)17-9-11-28(12-10-17)22(18-6-4-7-19(26)15-18)20-14-16(2)33-24(20)27-23(29)21-8-5-13-32-21/h4-8,13-15,17,22H,3,9-12H2,1-2H3,(H,27,29)/t22-/m1/s1. The van der Waals surface area contributed by atoms with Crippen molar-refractivity contribution >= 4 is 28.2 Å². The number of anilines is 1. The molecule has 3 heterocycles. The number of halogens is 1. The molecule has 0 spiro atoms. The molecule has 1 fully saturated rings. The van der Waals surface area contributed by atoms with Crippen LogP contribution < -0.4 is 5.32 Å². The van der Waals surface area contributed by atoms with Crippen molar-refractivity contribution in [2.45, 2.75) is 32.7 Å². The zero-order valence-electron chi connectivity index (χ0n) is 18.7. The number of rotatable bonds is 7.